The molecular weight excluding hydrogens is 348 g/mol. The van der Waals surface area contributed by atoms with Gasteiger partial charge in [-0.2, -0.15) is 15.6 Å². The molecule has 0 spiro atoms. The molecule has 0 aliphatic rings. The molecule has 8 nitrogen and oxygen atoms in total. The lowest BCUT2D eigenvalue weighted by Crippen LogP contribution is -3.00. The normalized spacial score (nSPS) is 15.1. The van der Waals surface area contributed by atoms with Gasteiger partial charge in [0.15, 0.2) is 11.4 Å². The zero-order chi connectivity index (χ0) is 20.0. The Bertz CT molecular complexity index is 761. The van der Waals surface area contributed by atoms with Crippen LogP contribution in [0.15, 0.2) is 47.6 Å². The van der Waals surface area contributed by atoms with Crippen LogP contribution in [0.3, 0.4) is 0 Å². The first-order valence-corrected chi connectivity index (χ1v) is 8.76. The van der Waals surface area contributed by atoms with Crippen LogP contribution in [0.5, 0.6) is 0 Å². The van der Waals surface area contributed by atoms with Crippen LogP contribution in [-0.4, -0.2) is 16.6 Å². The monoisotopic (exact) mass is 374 g/mol. The van der Waals surface area contributed by atoms with E-state index in [0.29, 0.717) is 5.92 Å². The first kappa shape index (κ1) is 21.0. The van der Waals surface area contributed by atoms with Crippen LogP contribution < -0.4 is 15.9 Å². The lowest BCUT2D eigenvalue weighted by molar-refractivity contribution is -0.996. The second-order valence-corrected chi connectivity index (χ2v) is 6.84. The fraction of sp³-hybridized carbons (Fsp3) is 0.316. The van der Waals surface area contributed by atoms with E-state index >= 15 is 0 Å². The maximum absolute atomic E-state index is 11.3. The Hall–Kier alpha value is -2.33. The average Bonchev–Trinajstić information content (AvgIpc) is 2.62. The van der Waals surface area contributed by atoms with Crippen LogP contribution in [0.1, 0.15) is 37.8 Å². The number of nitrogens with zero attached hydrogens (tertiary/aromatic N) is 1. The Labute approximate surface area is 158 Å². The highest BCUT2D eigenvalue weighted by molar-refractivity contribution is 5.68. The van der Waals surface area contributed by atoms with Gasteiger partial charge < -0.3 is 10.4 Å². The summed E-state index contributed by atoms with van der Waals surface area (Å²) in [6.45, 7) is 6.34. The predicted molar refractivity (Wildman–Crippen MR) is 104 cm³/mol. The molecule has 0 saturated carbocycles. The maximum atomic E-state index is 11.3. The van der Waals surface area contributed by atoms with Crippen molar-refractivity contribution in [3.63, 3.8) is 0 Å². The molecule has 3 atom stereocenters. The number of quaternary nitrogens is 2. The Balaban J connectivity index is 1.99. The number of anilines is 1. The van der Waals surface area contributed by atoms with Crippen LogP contribution in [0.4, 0.5) is 17.1 Å². The minimum atomic E-state index is -1.21. The van der Waals surface area contributed by atoms with Crippen LogP contribution >= 0.6 is 0 Å². The Morgan fingerprint density at radius 2 is 1.70 bits per heavy atom. The Morgan fingerprint density at radius 3 is 2.26 bits per heavy atom. The van der Waals surface area contributed by atoms with E-state index in [1.54, 1.807) is 6.21 Å². The molecule has 0 aliphatic carbocycles. The molecule has 5 N–H and O–H groups in total. The Kier molecular flexibility index (Phi) is 7.43. The van der Waals surface area contributed by atoms with E-state index in [2.05, 4.69) is 48.6 Å². The van der Waals surface area contributed by atoms with Gasteiger partial charge in [-0.05, 0) is 35.4 Å². The molecule has 27 heavy (non-hydrogen) atoms. The summed E-state index contributed by atoms with van der Waals surface area (Å²) in [5.41, 5.74) is 5.23. The molecule has 2 unspecified atom stereocenters. The molecule has 2 rings (SSSR count). The summed E-state index contributed by atoms with van der Waals surface area (Å²) in [5.74, 6) is 0.646. The average molecular weight is 374 g/mol. The van der Waals surface area contributed by atoms with Crippen molar-refractivity contribution < 1.29 is 20.9 Å². The predicted octanol–water partition coefficient (Wildman–Crippen LogP) is 1.89. The minimum Gasteiger partial charge on any atom is -0.595 e. The van der Waals surface area contributed by atoms with Gasteiger partial charge >= 0.3 is 0 Å². The minimum absolute atomic E-state index is 0.0832. The first-order chi connectivity index (χ1) is 12.8. The van der Waals surface area contributed by atoms with Gasteiger partial charge in [-0.1, -0.05) is 45.0 Å². The number of rotatable bonds is 8. The molecule has 0 fully saturated rings. The third kappa shape index (κ3) is 6.10. The van der Waals surface area contributed by atoms with Crippen LogP contribution in [-0.2, 0) is 6.42 Å². The number of hydrogen-bond donors (Lipinski definition) is 5. The van der Waals surface area contributed by atoms with Crippen molar-refractivity contribution in [1.82, 2.24) is 0 Å². The van der Waals surface area contributed by atoms with Crippen LogP contribution in [0.2, 0.25) is 0 Å². The molecule has 2 aromatic carbocycles. The van der Waals surface area contributed by atoms with Crippen molar-refractivity contribution in [3.05, 3.63) is 64.0 Å². The Morgan fingerprint density at radius 1 is 1.04 bits per heavy atom. The van der Waals surface area contributed by atoms with Gasteiger partial charge in [0.2, 0.25) is 0 Å². The number of benzene rings is 2. The number of hydrogen-bond acceptors (Lipinski definition) is 6. The fourth-order valence-corrected chi connectivity index (χ4v) is 2.65. The second-order valence-electron chi connectivity index (χ2n) is 6.84. The summed E-state index contributed by atoms with van der Waals surface area (Å²) < 4.78 is 0. The van der Waals surface area contributed by atoms with Crippen molar-refractivity contribution in [1.29, 1.82) is 0 Å². The van der Waals surface area contributed by atoms with Crippen molar-refractivity contribution in [3.8, 4) is 0 Å². The first-order valence-electron chi connectivity index (χ1n) is 8.76. The highest BCUT2D eigenvalue weighted by atomic mass is 16.8. The van der Waals surface area contributed by atoms with Crippen LogP contribution in [0, 0.1) is 16.3 Å². The summed E-state index contributed by atoms with van der Waals surface area (Å²) in [7, 11) is 0. The molecule has 0 amide bonds. The largest absolute Gasteiger partial charge is 0.595 e. The SMILES string of the molecule is CC(C)c1ccc(C[C@@H](C)C=NNc2ccc([NH+]([O-])O)cc2[NH+]([O-])O)cc1. The van der Waals surface area contributed by atoms with E-state index < -0.39 is 10.5 Å². The third-order valence-corrected chi connectivity index (χ3v) is 4.22. The summed E-state index contributed by atoms with van der Waals surface area (Å²) in [6, 6.07) is 12.3. The summed E-state index contributed by atoms with van der Waals surface area (Å²) in [4.78, 5) is 0. The van der Waals surface area contributed by atoms with E-state index in [1.807, 2.05) is 6.92 Å². The molecule has 8 heteroatoms. The van der Waals surface area contributed by atoms with Crippen molar-refractivity contribution in [2.24, 2.45) is 11.0 Å². The van der Waals surface area contributed by atoms with E-state index in [4.69, 9.17) is 5.21 Å². The smallest absolute Gasteiger partial charge is 0.195 e. The standard InChI is InChI=1S/C19H26N4O4/c1-13(2)16-6-4-15(5-7-16)10-14(3)12-20-21-18-9-8-17(22(24)25)11-19(18)23(26)27/h4-9,11-14,21-24,26H,10H2,1-3H3/t14-/m1/s1. The van der Waals surface area contributed by atoms with E-state index in [-0.39, 0.29) is 23.0 Å². The quantitative estimate of drug-likeness (QED) is 0.357. The summed E-state index contributed by atoms with van der Waals surface area (Å²) >= 11 is 0. The number of hydrazone groups is 1. The lowest BCUT2D eigenvalue weighted by atomic mass is 9.97. The van der Waals surface area contributed by atoms with Gasteiger partial charge in [-0.3, -0.25) is 5.43 Å². The summed E-state index contributed by atoms with van der Waals surface area (Å²) in [5, 5.41) is 42.3. The molecule has 2 aromatic rings. The summed E-state index contributed by atoms with van der Waals surface area (Å²) in [6.07, 6.45) is 2.53. The molecule has 0 heterocycles. The second kappa shape index (κ2) is 9.56. The van der Waals surface area contributed by atoms with Crippen LogP contribution in [0.25, 0.3) is 0 Å². The zero-order valence-electron chi connectivity index (χ0n) is 15.6. The topological polar surface area (TPSA) is 120 Å². The van der Waals surface area contributed by atoms with Gasteiger partial charge in [-0.15, -0.1) is 0 Å². The van der Waals surface area contributed by atoms with Crippen molar-refractivity contribution >= 4 is 23.3 Å². The maximum Gasteiger partial charge on any atom is 0.195 e. The molecule has 0 bridgehead atoms. The highest BCUT2D eigenvalue weighted by Gasteiger charge is 2.13. The number of nitrogens with one attached hydrogen (secondary N) is 3. The van der Waals surface area contributed by atoms with E-state index in [1.165, 1.54) is 23.3 Å². The molecule has 0 radical (unpaired) electrons. The molecular formula is C19H26N4O4. The van der Waals surface area contributed by atoms with Crippen molar-refractivity contribution in [2.45, 2.75) is 33.1 Å². The van der Waals surface area contributed by atoms with Gasteiger partial charge in [0.1, 0.15) is 5.69 Å². The van der Waals surface area contributed by atoms with E-state index in [0.717, 1.165) is 12.5 Å². The van der Waals surface area contributed by atoms with Gasteiger partial charge in [0.05, 0.1) is 6.07 Å². The third-order valence-electron chi connectivity index (χ3n) is 4.22. The molecule has 0 aliphatic heterocycles. The van der Waals surface area contributed by atoms with Gasteiger partial charge in [-0.25, -0.2) is 10.4 Å². The molecule has 0 aromatic heterocycles. The zero-order valence-corrected chi connectivity index (χ0v) is 15.6. The molecule has 0 saturated heterocycles. The van der Waals surface area contributed by atoms with Gasteiger partial charge in [0.25, 0.3) is 0 Å². The van der Waals surface area contributed by atoms with E-state index in [9.17, 15) is 15.6 Å². The molecule has 146 valence electrons. The van der Waals surface area contributed by atoms with Gasteiger partial charge in [0, 0.05) is 12.3 Å². The highest BCUT2D eigenvalue weighted by Crippen LogP contribution is 2.21. The lowest BCUT2D eigenvalue weighted by Gasteiger charge is -2.18. The van der Waals surface area contributed by atoms with Crippen molar-refractivity contribution in [2.75, 3.05) is 5.43 Å². The fourth-order valence-electron chi connectivity index (χ4n) is 2.65.